The Kier molecular flexibility index (Phi) is 7.62. The van der Waals surface area contributed by atoms with Crippen molar-refractivity contribution in [2.24, 2.45) is 10.1 Å². The third-order valence-electron chi connectivity index (χ3n) is 3.79. The number of aliphatic imine (C=N–C) groups is 1. The van der Waals surface area contributed by atoms with Crippen LogP contribution in [0.15, 0.2) is 64.5 Å². The average Bonchev–Trinajstić information content (AvgIpc) is 2.63. The van der Waals surface area contributed by atoms with Crippen molar-refractivity contribution >= 4 is 16.0 Å². The summed E-state index contributed by atoms with van der Waals surface area (Å²) in [7, 11) is -3.66. The van der Waals surface area contributed by atoms with Gasteiger partial charge in [-0.15, -0.1) is 0 Å². The second-order valence-corrected chi connectivity index (χ2v) is 7.46. The number of nitrogens with one attached hydrogen (secondary N) is 2. The van der Waals surface area contributed by atoms with Gasteiger partial charge in [-0.1, -0.05) is 42.5 Å². The topological polar surface area (TPSA) is 96.6 Å². The molecule has 7 heteroatoms. The molecule has 0 bridgehead atoms. The second kappa shape index (κ2) is 9.94. The molecule has 4 N–H and O–H groups in total. The predicted octanol–water partition coefficient (Wildman–Crippen LogP) is 2.02. The highest BCUT2D eigenvalue weighted by Crippen LogP contribution is 2.09. The van der Waals surface area contributed by atoms with Crippen LogP contribution in [0.1, 0.15) is 24.5 Å². The predicted molar refractivity (Wildman–Crippen MR) is 105 cm³/mol. The van der Waals surface area contributed by atoms with E-state index in [1.54, 1.807) is 12.1 Å². The smallest absolute Gasteiger partial charge is 0.238 e. The molecule has 0 radical (unpaired) electrons. The van der Waals surface area contributed by atoms with Gasteiger partial charge in [0.1, 0.15) is 0 Å². The molecule has 0 amide bonds. The molecule has 0 atom stereocenters. The first-order chi connectivity index (χ1) is 12.5. The molecule has 2 aromatic rings. The van der Waals surface area contributed by atoms with E-state index >= 15 is 0 Å². The van der Waals surface area contributed by atoms with Gasteiger partial charge in [-0.05, 0) is 43.0 Å². The average molecular weight is 375 g/mol. The summed E-state index contributed by atoms with van der Waals surface area (Å²) in [4.78, 5) is 4.64. The minimum Gasteiger partial charge on any atom is -0.357 e. The highest BCUT2D eigenvalue weighted by atomic mass is 32.2. The lowest BCUT2D eigenvalue weighted by Crippen LogP contribution is -2.37. The van der Waals surface area contributed by atoms with Crippen LogP contribution in [0.5, 0.6) is 0 Å². The lowest BCUT2D eigenvalue weighted by Gasteiger charge is -2.11. The highest BCUT2D eigenvalue weighted by molar-refractivity contribution is 7.89. The zero-order chi connectivity index (χ0) is 18.8. The number of aryl methyl sites for hydroxylation is 1. The van der Waals surface area contributed by atoms with Gasteiger partial charge in [0.25, 0.3) is 0 Å². The van der Waals surface area contributed by atoms with Crippen molar-refractivity contribution in [3.8, 4) is 0 Å². The third kappa shape index (κ3) is 6.85. The van der Waals surface area contributed by atoms with E-state index in [1.807, 2.05) is 13.0 Å². The fraction of sp³-hybridized carbons (Fsp3) is 0.316. The van der Waals surface area contributed by atoms with Crippen molar-refractivity contribution in [2.75, 3.05) is 13.1 Å². The van der Waals surface area contributed by atoms with E-state index < -0.39 is 10.0 Å². The van der Waals surface area contributed by atoms with Crippen LogP contribution in [0.4, 0.5) is 0 Å². The van der Waals surface area contributed by atoms with Crippen molar-refractivity contribution < 1.29 is 8.42 Å². The van der Waals surface area contributed by atoms with Crippen LogP contribution in [0, 0.1) is 0 Å². The fourth-order valence-electron chi connectivity index (χ4n) is 2.44. The van der Waals surface area contributed by atoms with Crippen molar-refractivity contribution in [1.29, 1.82) is 0 Å². The van der Waals surface area contributed by atoms with Crippen LogP contribution >= 0.6 is 0 Å². The van der Waals surface area contributed by atoms with Crippen molar-refractivity contribution in [2.45, 2.75) is 31.2 Å². The van der Waals surface area contributed by atoms with Crippen molar-refractivity contribution in [1.82, 2.24) is 10.6 Å². The zero-order valence-electron chi connectivity index (χ0n) is 15.0. The molecule has 26 heavy (non-hydrogen) atoms. The lowest BCUT2D eigenvalue weighted by atomic mass is 10.1. The first kappa shape index (κ1) is 19.9. The van der Waals surface area contributed by atoms with E-state index in [9.17, 15) is 8.42 Å². The Morgan fingerprint density at radius 1 is 1.00 bits per heavy atom. The molecule has 0 aromatic heterocycles. The first-order valence-electron chi connectivity index (χ1n) is 8.67. The van der Waals surface area contributed by atoms with Gasteiger partial charge >= 0.3 is 0 Å². The molecule has 0 aliphatic rings. The Morgan fingerprint density at radius 2 is 1.69 bits per heavy atom. The number of sulfonamides is 1. The summed E-state index contributed by atoms with van der Waals surface area (Å²) >= 11 is 0. The quantitative estimate of drug-likeness (QED) is 0.374. The normalized spacial score (nSPS) is 12.0. The summed E-state index contributed by atoms with van der Waals surface area (Å²) in [5.74, 6) is 0.746. The molecule has 0 aliphatic carbocycles. The van der Waals surface area contributed by atoms with Crippen LogP contribution < -0.4 is 15.8 Å². The molecule has 0 saturated heterocycles. The van der Waals surface area contributed by atoms with Gasteiger partial charge in [-0.3, -0.25) is 0 Å². The molecular weight excluding hydrogens is 348 g/mol. The zero-order valence-corrected chi connectivity index (χ0v) is 15.8. The van der Waals surface area contributed by atoms with Gasteiger partial charge in [0, 0.05) is 13.1 Å². The van der Waals surface area contributed by atoms with Crippen LogP contribution in [0.2, 0.25) is 0 Å². The van der Waals surface area contributed by atoms with Gasteiger partial charge in [-0.2, -0.15) is 0 Å². The summed E-state index contributed by atoms with van der Waals surface area (Å²) in [5, 5.41) is 11.6. The summed E-state index contributed by atoms with van der Waals surface area (Å²) in [6.45, 7) is 4.07. The van der Waals surface area contributed by atoms with E-state index in [0.29, 0.717) is 6.54 Å². The van der Waals surface area contributed by atoms with Crippen LogP contribution in [0.3, 0.4) is 0 Å². The molecule has 0 fully saturated rings. The number of hydrogen-bond acceptors (Lipinski definition) is 3. The van der Waals surface area contributed by atoms with Crippen LogP contribution in [-0.4, -0.2) is 27.5 Å². The molecule has 140 valence electrons. The van der Waals surface area contributed by atoms with Gasteiger partial charge in [-0.25, -0.2) is 18.5 Å². The number of guanidine groups is 1. The number of hydrogen-bond donors (Lipinski definition) is 3. The maximum absolute atomic E-state index is 11.3. The van der Waals surface area contributed by atoms with E-state index in [0.717, 1.165) is 37.5 Å². The third-order valence-corrected chi connectivity index (χ3v) is 4.72. The Balaban J connectivity index is 1.85. The Hall–Kier alpha value is -2.38. The van der Waals surface area contributed by atoms with Gasteiger partial charge in [0.05, 0.1) is 11.4 Å². The summed E-state index contributed by atoms with van der Waals surface area (Å²) in [6.07, 6.45) is 2.03. The van der Waals surface area contributed by atoms with E-state index in [1.165, 1.54) is 17.7 Å². The number of primary sulfonamides is 1. The maximum atomic E-state index is 11.3. The van der Waals surface area contributed by atoms with Crippen molar-refractivity contribution in [3.63, 3.8) is 0 Å². The molecule has 0 saturated carbocycles. The number of benzene rings is 2. The Bertz CT molecular complexity index is 803. The molecular formula is C19H26N4O2S. The molecule has 0 heterocycles. The minimum atomic E-state index is -3.66. The van der Waals surface area contributed by atoms with Crippen LogP contribution in [0.25, 0.3) is 0 Å². The SMILES string of the molecule is CCNC(=NCc1ccc(S(N)(=O)=O)cc1)NCCCc1ccccc1. The molecule has 2 aromatic carbocycles. The van der Waals surface area contributed by atoms with E-state index in [-0.39, 0.29) is 4.90 Å². The number of nitrogens with two attached hydrogens (primary N) is 1. The molecule has 0 spiro atoms. The van der Waals surface area contributed by atoms with Crippen molar-refractivity contribution in [3.05, 3.63) is 65.7 Å². The first-order valence-corrected chi connectivity index (χ1v) is 10.2. The molecule has 6 nitrogen and oxygen atoms in total. The minimum absolute atomic E-state index is 0.108. The number of rotatable bonds is 8. The van der Waals surface area contributed by atoms with Gasteiger partial charge in [0.2, 0.25) is 10.0 Å². The van der Waals surface area contributed by atoms with Gasteiger partial charge in [0.15, 0.2) is 5.96 Å². The van der Waals surface area contributed by atoms with E-state index in [2.05, 4.69) is 39.9 Å². The largest absolute Gasteiger partial charge is 0.357 e. The monoisotopic (exact) mass is 374 g/mol. The maximum Gasteiger partial charge on any atom is 0.238 e. The second-order valence-electron chi connectivity index (χ2n) is 5.90. The molecule has 0 unspecified atom stereocenters. The number of nitrogens with zero attached hydrogens (tertiary/aromatic N) is 1. The molecule has 0 aliphatic heterocycles. The Labute approximate surface area is 155 Å². The summed E-state index contributed by atoms with van der Waals surface area (Å²) < 4.78 is 22.5. The lowest BCUT2D eigenvalue weighted by molar-refractivity contribution is 0.598. The van der Waals surface area contributed by atoms with Crippen LogP contribution in [-0.2, 0) is 23.0 Å². The summed E-state index contributed by atoms with van der Waals surface area (Å²) in [5.41, 5.74) is 2.24. The standard InChI is InChI=1S/C19H26N4O2S/c1-2-21-19(22-14-6-9-16-7-4-3-5-8-16)23-15-17-10-12-18(13-11-17)26(20,24)25/h3-5,7-8,10-13H,2,6,9,14-15H2,1H3,(H2,20,24,25)(H2,21,22,23). The highest BCUT2D eigenvalue weighted by Gasteiger charge is 2.06. The molecule has 2 rings (SSSR count). The van der Waals surface area contributed by atoms with Gasteiger partial charge < -0.3 is 10.6 Å². The summed E-state index contributed by atoms with van der Waals surface area (Å²) in [6, 6.07) is 16.8. The fourth-order valence-corrected chi connectivity index (χ4v) is 2.96. The Morgan fingerprint density at radius 3 is 2.31 bits per heavy atom. The van der Waals surface area contributed by atoms with E-state index in [4.69, 9.17) is 5.14 Å².